The second kappa shape index (κ2) is 9.59. The molecule has 0 radical (unpaired) electrons. The summed E-state index contributed by atoms with van der Waals surface area (Å²) in [7, 11) is 0. The molecule has 3 aliphatic rings. The van der Waals surface area contributed by atoms with Crippen molar-refractivity contribution in [2.75, 3.05) is 5.32 Å². The molecule has 1 aliphatic carbocycles. The van der Waals surface area contributed by atoms with Gasteiger partial charge in [0.2, 0.25) is 11.8 Å². The van der Waals surface area contributed by atoms with Gasteiger partial charge in [-0.25, -0.2) is 4.98 Å². The smallest absolute Gasteiger partial charge is 0.225 e. The third kappa shape index (κ3) is 4.87. The Labute approximate surface area is 189 Å². The van der Waals surface area contributed by atoms with Crippen LogP contribution in [0, 0.1) is 5.92 Å². The Hall–Kier alpha value is -3.09. The van der Waals surface area contributed by atoms with Gasteiger partial charge in [0, 0.05) is 30.5 Å². The largest absolute Gasteiger partial charge is 0.487 e. The van der Waals surface area contributed by atoms with E-state index < -0.39 is 0 Å². The lowest BCUT2D eigenvalue weighted by Gasteiger charge is -2.18. The van der Waals surface area contributed by atoms with Crippen molar-refractivity contribution in [2.24, 2.45) is 5.92 Å². The van der Waals surface area contributed by atoms with E-state index in [4.69, 9.17) is 9.47 Å². The number of aromatic nitrogens is 1. The Morgan fingerprint density at radius 1 is 1.38 bits per heavy atom. The van der Waals surface area contributed by atoms with Crippen LogP contribution in [0.15, 0.2) is 48.1 Å². The van der Waals surface area contributed by atoms with Gasteiger partial charge in [0.15, 0.2) is 0 Å². The Kier molecular flexibility index (Phi) is 6.63. The van der Waals surface area contributed by atoms with Gasteiger partial charge in [-0.1, -0.05) is 32.8 Å². The van der Waals surface area contributed by atoms with Crippen LogP contribution in [0.5, 0.6) is 5.75 Å². The number of amides is 2. The Bertz CT molecular complexity index is 981. The van der Waals surface area contributed by atoms with Gasteiger partial charge in [-0.2, -0.15) is 0 Å². The van der Waals surface area contributed by atoms with E-state index in [1.165, 1.54) is 12.8 Å². The number of anilines is 1. The summed E-state index contributed by atoms with van der Waals surface area (Å²) in [4.78, 5) is 27.9. The zero-order valence-electron chi connectivity index (χ0n) is 18.8. The predicted octanol–water partition coefficient (Wildman–Crippen LogP) is 4.17. The lowest BCUT2D eigenvalue weighted by molar-refractivity contribution is -0.121. The molecule has 7 heteroatoms. The first-order valence-corrected chi connectivity index (χ1v) is 11.5. The Balaban J connectivity index is 1.29. The van der Waals surface area contributed by atoms with E-state index >= 15 is 0 Å². The number of ether oxygens (including phenoxy) is 2. The van der Waals surface area contributed by atoms with Crippen molar-refractivity contribution in [3.05, 3.63) is 53.6 Å². The zero-order chi connectivity index (χ0) is 22.7. The van der Waals surface area contributed by atoms with Crippen molar-refractivity contribution in [1.29, 1.82) is 0 Å². The molecular formula is C25H31N3O4. The second-order valence-corrected chi connectivity index (χ2v) is 8.63. The zero-order valence-corrected chi connectivity index (χ0v) is 18.8. The van der Waals surface area contributed by atoms with E-state index in [0.29, 0.717) is 36.6 Å². The Morgan fingerprint density at radius 2 is 2.22 bits per heavy atom. The van der Waals surface area contributed by atoms with Gasteiger partial charge in [0.25, 0.3) is 0 Å². The molecule has 0 bridgehead atoms. The van der Waals surface area contributed by atoms with Gasteiger partial charge < -0.3 is 20.1 Å². The van der Waals surface area contributed by atoms with Crippen molar-refractivity contribution in [1.82, 2.24) is 10.3 Å². The van der Waals surface area contributed by atoms with Crippen molar-refractivity contribution in [3.8, 4) is 5.75 Å². The fourth-order valence-corrected chi connectivity index (χ4v) is 4.27. The average Bonchev–Trinajstić information content (AvgIpc) is 3.32. The molecule has 1 saturated heterocycles. The number of nitrogens with zero attached hydrogens (tertiary/aromatic N) is 1. The summed E-state index contributed by atoms with van der Waals surface area (Å²) in [5.74, 6) is 2.92. The topological polar surface area (TPSA) is 89.6 Å². The molecule has 0 unspecified atom stereocenters. The van der Waals surface area contributed by atoms with E-state index in [9.17, 15) is 9.59 Å². The van der Waals surface area contributed by atoms with Gasteiger partial charge in [0.1, 0.15) is 29.2 Å². The molecule has 1 aromatic rings. The molecule has 2 fully saturated rings. The first-order valence-electron chi connectivity index (χ1n) is 11.5. The number of fused-ring (bicyclic) bond motifs is 2. The van der Waals surface area contributed by atoms with Gasteiger partial charge in [0.05, 0.1) is 6.04 Å². The number of rotatable bonds is 9. The standard InChI is InChI=1S/C25H31N3O4/c1-4-5-6-7-8-20(29)27-23-22-16(3)18(32-24(22)23)11-9-15(2)31-19-13-14-26-25-17(19)10-12-21(30)28-25/h9,11,13-14,22-24H,3-8,10,12H2,1-2H3,(H,27,29)(H,26,28,30)/b15-9+,18-11+/t22-,23-,24-/m0/s1. The van der Waals surface area contributed by atoms with Crippen LogP contribution >= 0.6 is 0 Å². The minimum absolute atomic E-state index is 0.0150. The summed E-state index contributed by atoms with van der Waals surface area (Å²) in [5, 5.41) is 5.86. The van der Waals surface area contributed by atoms with Gasteiger partial charge >= 0.3 is 0 Å². The van der Waals surface area contributed by atoms with E-state index in [1.54, 1.807) is 12.3 Å². The fraction of sp³-hybridized carbons (Fsp3) is 0.480. The minimum Gasteiger partial charge on any atom is -0.487 e. The molecule has 1 aromatic heterocycles. The second-order valence-electron chi connectivity index (χ2n) is 8.63. The van der Waals surface area contributed by atoms with Crippen molar-refractivity contribution in [2.45, 2.75) is 70.9 Å². The molecule has 2 aliphatic heterocycles. The highest BCUT2D eigenvalue weighted by Crippen LogP contribution is 2.50. The maximum atomic E-state index is 12.1. The average molecular weight is 438 g/mol. The summed E-state index contributed by atoms with van der Waals surface area (Å²) in [6, 6.07) is 1.84. The molecule has 2 N–H and O–H groups in total. The summed E-state index contributed by atoms with van der Waals surface area (Å²) >= 11 is 0. The van der Waals surface area contributed by atoms with Crippen LogP contribution in [0.4, 0.5) is 5.82 Å². The van der Waals surface area contributed by atoms with E-state index in [0.717, 1.165) is 29.7 Å². The highest BCUT2D eigenvalue weighted by molar-refractivity contribution is 5.93. The number of nitrogens with one attached hydrogen (secondary N) is 2. The molecule has 0 aromatic carbocycles. The molecule has 7 nitrogen and oxygen atoms in total. The highest BCUT2D eigenvalue weighted by atomic mass is 16.5. The molecule has 32 heavy (non-hydrogen) atoms. The predicted molar refractivity (Wildman–Crippen MR) is 122 cm³/mol. The van der Waals surface area contributed by atoms with E-state index in [-0.39, 0.29) is 29.9 Å². The lowest BCUT2D eigenvalue weighted by atomic mass is 10.1. The summed E-state index contributed by atoms with van der Waals surface area (Å²) < 4.78 is 12.0. The SMILES string of the molecule is C=C1/C(=C\C=C(/C)Oc2ccnc3c2CCC(=O)N3)O[C@@H]2[C@@H](NC(=O)CCCCCC)[C@H]12. The number of allylic oxidation sites excluding steroid dienone is 4. The molecule has 4 rings (SSSR count). The Morgan fingerprint density at radius 3 is 2.97 bits per heavy atom. The molecular weight excluding hydrogens is 406 g/mol. The molecule has 3 atom stereocenters. The van der Waals surface area contributed by atoms with Gasteiger partial charge in [-0.3, -0.25) is 9.59 Å². The van der Waals surface area contributed by atoms with Crippen LogP contribution in [0.25, 0.3) is 0 Å². The number of hydrogen-bond acceptors (Lipinski definition) is 5. The van der Waals surface area contributed by atoms with Crippen LogP contribution < -0.4 is 15.4 Å². The minimum atomic E-state index is -0.0272. The third-order valence-electron chi connectivity index (χ3n) is 6.13. The van der Waals surface area contributed by atoms with E-state index in [1.807, 2.05) is 19.1 Å². The number of unbranched alkanes of at least 4 members (excludes halogenated alkanes) is 3. The number of carbonyl (C=O) groups excluding carboxylic acids is 2. The van der Waals surface area contributed by atoms with Crippen LogP contribution in [-0.4, -0.2) is 28.9 Å². The fourth-order valence-electron chi connectivity index (χ4n) is 4.27. The van der Waals surface area contributed by atoms with Crippen LogP contribution in [-0.2, 0) is 20.7 Å². The monoisotopic (exact) mass is 437 g/mol. The molecule has 170 valence electrons. The third-order valence-corrected chi connectivity index (χ3v) is 6.13. The van der Waals surface area contributed by atoms with Crippen LogP contribution in [0.1, 0.15) is 57.9 Å². The maximum Gasteiger partial charge on any atom is 0.225 e. The molecule has 1 saturated carbocycles. The first kappa shape index (κ1) is 22.1. The molecule has 3 heterocycles. The maximum absolute atomic E-state index is 12.1. The van der Waals surface area contributed by atoms with Crippen LogP contribution in [0.3, 0.4) is 0 Å². The summed E-state index contributed by atoms with van der Waals surface area (Å²) in [6.07, 6.45) is 11.3. The quantitative estimate of drug-likeness (QED) is 0.447. The van der Waals surface area contributed by atoms with Gasteiger partial charge in [-0.05, 0) is 43.6 Å². The number of carbonyl (C=O) groups is 2. The molecule has 0 spiro atoms. The number of hydrogen-bond donors (Lipinski definition) is 2. The van der Waals surface area contributed by atoms with Crippen molar-refractivity contribution < 1.29 is 19.1 Å². The lowest BCUT2D eigenvalue weighted by Crippen LogP contribution is -2.29. The first-order chi connectivity index (χ1) is 15.5. The summed E-state index contributed by atoms with van der Waals surface area (Å²) in [6.45, 7) is 8.19. The molecule has 2 amide bonds. The van der Waals surface area contributed by atoms with E-state index in [2.05, 4.69) is 29.1 Å². The van der Waals surface area contributed by atoms with Crippen molar-refractivity contribution in [3.63, 3.8) is 0 Å². The van der Waals surface area contributed by atoms with Gasteiger partial charge in [-0.15, -0.1) is 0 Å². The van der Waals surface area contributed by atoms with Crippen molar-refractivity contribution >= 4 is 17.6 Å². The summed E-state index contributed by atoms with van der Waals surface area (Å²) in [5.41, 5.74) is 1.82. The highest BCUT2D eigenvalue weighted by Gasteiger charge is 2.60. The normalized spacial score (nSPS) is 25.0. The number of pyridine rings is 1. The van der Waals surface area contributed by atoms with Crippen LogP contribution in [0.2, 0.25) is 0 Å².